The number of fused-ring (bicyclic) bond motifs is 9. The Morgan fingerprint density at radius 1 is 0.229 bits per heavy atom. The van der Waals surface area contributed by atoms with Crippen LogP contribution in [0.25, 0.3) is 66.8 Å². The van der Waals surface area contributed by atoms with E-state index in [0.717, 1.165) is 0 Å². The van der Waals surface area contributed by atoms with E-state index in [4.69, 9.17) is 0 Å². The van der Waals surface area contributed by atoms with Crippen LogP contribution in [-0.4, -0.2) is 0 Å². The van der Waals surface area contributed by atoms with Gasteiger partial charge in [-0.15, -0.1) is 0 Å². The van der Waals surface area contributed by atoms with Crippen molar-refractivity contribution in [1.29, 1.82) is 0 Å². The highest BCUT2D eigenvalue weighted by atomic mass is 14.5. The largest absolute Gasteiger partial charge is 0.0683 e. The van der Waals surface area contributed by atoms with Gasteiger partial charge in [-0.3, -0.25) is 0 Å². The van der Waals surface area contributed by atoms with Crippen molar-refractivity contribution in [2.45, 2.75) is 106 Å². The molecule has 0 spiro atoms. The van der Waals surface area contributed by atoms with Crippen LogP contribution in [0.4, 0.5) is 0 Å². The minimum absolute atomic E-state index is 0.0984. The van der Waals surface area contributed by atoms with Crippen LogP contribution in [0.3, 0.4) is 0 Å². The second-order valence-corrected chi connectivity index (χ2v) is 18.5. The number of benzene rings is 9. The lowest BCUT2D eigenvalue weighted by Crippen LogP contribution is -2.24. The molecule has 0 heteroatoms. The summed E-state index contributed by atoms with van der Waals surface area (Å²) in [5.74, 6) is 0. The van der Waals surface area contributed by atoms with Crippen LogP contribution in [-0.2, 0) is 16.2 Å². The molecule has 1 atom stereocenters. The molecule has 0 amide bonds. The van der Waals surface area contributed by atoms with E-state index in [1.54, 1.807) is 0 Å². The monoisotopic (exact) mass is 915 g/mol. The summed E-state index contributed by atoms with van der Waals surface area (Å²) in [5, 5.41) is 0. The van der Waals surface area contributed by atoms with Gasteiger partial charge in [-0.2, -0.15) is 0 Å². The number of rotatable bonds is 4. The Morgan fingerprint density at radius 2 is 0.629 bits per heavy atom. The summed E-state index contributed by atoms with van der Waals surface area (Å²) >= 11 is 0. The molecule has 12 rings (SSSR count). The molecule has 0 aromatic heterocycles. The van der Waals surface area contributed by atoms with E-state index in [9.17, 15) is 0 Å². The van der Waals surface area contributed by atoms with E-state index in [1.807, 2.05) is 55.4 Å². The highest BCUT2D eigenvalue weighted by Gasteiger charge is 2.46. The normalized spacial score (nSPS) is 14.9. The Hall–Kier alpha value is -7.02. The topological polar surface area (TPSA) is 0 Å². The fourth-order valence-corrected chi connectivity index (χ4v) is 11.3. The summed E-state index contributed by atoms with van der Waals surface area (Å²) in [6, 6.07) is 78.0. The zero-order chi connectivity index (χ0) is 50.2. The summed E-state index contributed by atoms with van der Waals surface area (Å²) in [4.78, 5) is 0. The van der Waals surface area contributed by atoms with Crippen LogP contribution >= 0.6 is 0 Å². The van der Waals surface area contributed by atoms with E-state index < -0.39 is 0 Å². The van der Waals surface area contributed by atoms with Crippen molar-refractivity contribution < 1.29 is 0 Å². The van der Waals surface area contributed by atoms with E-state index in [-0.39, 0.29) is 16.2 Å². The predicted octanol–water partition coefficient (Wildman–Crippen LogP) is 20.4. The van der Waals surface area contributed by atoms with Gasteiger partial charge in [-0.05, 0) is 125 Å². The fraction of sp³-hybridized carbons (Fsp3) is 0.229. The van der Waals surface area contributed by atoms with Gasteiger partial charge in [0.25, 0.3) is 0 Å². The summed E-state index contributed by atoms with van der Waals surface area (Å²) in [6.07, 6.45) is 0. The highest BCUT2D eigenvalue weighted by molar-refractivity contribution is 5.94. The Bertz CT molecular complexity index is 3170. The van der Waals surface area contributed by atoms with Gasteiger partial charge < -0.3 is 0 Å². The van der Waals surface area contributed by atoms with Gasteiger partial charge in [0.1, 0.15) is 0 Å². The molecule has 0 fully saturated rings. The van der Waals surface area contributed by atoms with Gasteiger partial charge in [0.15, 0.2) is 0 Å². The average molecular weight is 915 g/mol. The first-order valence-corrected chi connectivity index (χ1v) is 26.1. The summed E-state index contributed by atoms with van der Waals surface area (Å²) in [6.45, 7) is 27.9. The molecule has 0 aliphatic heterocycles. The quantitative estimate of drug-likeness (QED) is 0.165. The molecule has 0 nitrogen and oxygen atoms in total. The van der Waals surface area contributed by atoms with Crippen molar-refractivity contribution >= 4 is 0 Å². The second kappa shape index (κ2) is 21.7. The molecule has 3 aliphatic carbocycles. The van der Waals surface area contributed by atoms with Crippen LogP contribution < -0.4 is 0 Å². The van der Waals surface area contributed by atoms with Crippen LogP contribution in [0.5, 0.6) is 0 Å². The Labute approximate surface area is 422 Å². The van der Waals surface area contributed by atoms with Gasteiger partial charge in [-0.1, -0.05) is 283 Å². The molecule has 3 aliphatic rings. The highest BCUT2D eigenvalue weighted by Crippen LogP contribution is 2.60. The first-order valence-electron chi connectivity index (χ1n) is 26.1. The third-order valence-corrected chi connectivity index (χ3v) is 14.4. The molecular weight excluding hydrogens is 841 g/mol. The first-order chi connectivity index (χ1) is 34.2. The van der Waals surface area contributed by atoms with Gasteiger partial charge in [0.2, 0.25) is 0 Å². The molecule has 9 aromatic carbocycles. The van der Waals surface area contributed by atoms with Gasteiger partial charge in [0.05, 0.1) is 0 Å². The molecule has 0 saturated heterocycles. The molecule has 0 saturated carbocycles. The van der Waals surface area contributed by atoms with E-state index in [2.05, 4.69) is 247 Å². The lowest BCUT2D eigenvalue weighted by atomic mass is 9.70. The lowest BCUT2D eigenvalue weighted by molar-refractivity contribution is 0.658. The molecule has 0 bridgehead atoms. The molecule has 9 aromatic rings. The minimum Gasteiger partial charge on any atom is -0.0683 e. The molecule has 70 heavy (non-hydrogen) atoms. The SMILES string of the molecule is CC.CC.CC.CC.CC1(C)c2cccc(C3(C)c4ccccc4-c4ccc(-c5ccccc5)cc43)c2-c2cccc(-c3ccccc3)c21.CC1(C)c2ccccc2-c2cc(-c3ccccc3)ccc21. The summed E-state index contributed by atoms with van der Waals surface area (Å²) < 4.78 is 0. The first kappa shape index (κ1) is 50.8. The molecule has 0 heterocycles. The van der Waals surface area contributed by atoms with Gasteiger partial charge >= 0.3 is 0 Å². The maximum atomic E-state index is 2.45. The van der Waals surface area contributed by atoms with Crippen LogP contribution in [0, 0.1) is 0 Å². The summed E-state index contributed by atoms with van der Waals surface area (Å²) in [7, 11) is 0. The fourth-order valence-electron chi connectivity index (χ4n) is 11.3. The zero-order valence-electron chi connectivity index (χ0n) is 44.2. The third kappa shape index (κ3) is 8.68. The lowest BCUT2D eigenvalue weighted by Gasteiger charge is -2.31. The average Bonchev–Trinajstić information content (AvgIpc) is 3.95. The maximum Gasteiger partial charge on any atom is 0.0442 e. The van der Waals surface area contributed by atoms with Gasteiger partial charge in [-0.25, -0.2) is 0 Å². The Morgan fingerprint density at radius 3 is 1.23 bits per heavy atom. The van der Waals surface area contributed by atoms with Crippen molar-refractivity contribution in [1.82, 2.24) is 0 Å². The standard InChI is InChI=1S/C41H32.C21H18.4C2H6/c1-40(2)35-22-13-23-36(38(35)33-20-12-19-30(39(33)40)28-16-8-5-9-17-28)41(3)34-21-11-10-18-31(34)32-25-24-29(26-37(32)41)27-14-6-4-7-15-27;1-21(2)19-11-7-6-10-17(19)18-14-16(12-13-20(18)21)15-8-4-3-5-9-15;4*1-2/h4-26H,1-3H3;3-14H,1-2H3;4*1-2H3. The maximum absolute atomic E-state index is 2.45. The van der Waals surface area contributed by atoms with Gasteiger partial charge in [0, 0.05) is 16.2 Å². The molecule has 1 unspecified atom stereocenters. The van der Waals surface area contributed by atoms with Crippen LogP contribution in [0.2, 0.25) is 0 Å². The predicted molar refractivity (Wildman–Crippen MR) is 307 cm³/mol. The molecule has 0 radical (unpaired) electrons. The Kier molecular flexibility index (Phi) is 15.8. The minimum atomic E-state index is -0.289. The number of hydrogen-bond donors (Lipinski definition) is 0. The van der Waals surface area contributed by atoms with Crippen molar-refractivity contribution in [2.75, 3.05) is 0 Å². The molecular formula is C70H74. The van der Waals surface area contributed by atoms with E-state index in [1.165, 1.54) is 106 Å². The van der Waals surface area contributed by atoms with E-state index >= 15 is 0 Å². The zero-order valence-corrected chi connectivity index (χ0v) is 44.2. The van der Waals surface area contributed by atoms with Crippen molar-refractivity contribution in [3.63, 3.8) is 0 Å². The van der Waals surface area contributed by atoms with Crippen molar-refractivity contribution in [3.8, 4) is 66.8 Å². The third-order valence-electron chi connectivity index (χ3n) is 14.4. The van der Waals surface area contributed by atoms with E-state index in [0.29, 0.717) is 0 Å². The summed E-state index contributed by atoms with van der Waals surface area (Å²) in [5.41, 5.74) is 25.5. The van der Waals surface area contributed by atoms with Crippen LogP contribution in [0.1, 0.15) is 129 Å². The van der Waals surface area contributed by atoms with Crippen molar-refractivity contribution in [2.24, 2.45) is 0 Å². The second-order valence-electron chi connectivity index (χ2n) is 18.5. The smallest absolute Gasteiger partial charge is 0.0442 e. The van der Waals surface area contributed by atoms with Crippen molar-refractivity contribution in [3.05, 3.63) is 251 Å². The number of hydrogen-bond acceptors (Lipinski definition) is 0. The van der Waals surface area contributed by atoms with Crippen LogP contribution in [0.15, 0.2) is 212 Å². The molecule has 354 valence electrons. The Balaban J connectivity index is 0.000000209. The molecule has 0 N–H and O–H groups in total.